The first-order chi connectivity index (χ1) is 8.29. The fourth-order valence-corrected chi connectivity index (χ4v) is 2.83. The van der Waals surface area contributed by atoms with Gasteiger partial charge >= 0.3 is 6.09 Å². The molecule has 5 nitrogen and oxygen atoms in total. The van der Waals surface area contributed by atoms with Crippen LogP contribution in [0, 0.1) is 0 Å². The summed E-state index contributed by atoms with van der Waals surface area (Å²) in [7, 11) is 0. The van der Waals surface area contributed by atoms with Gasteiger partial charge in [0.25, 0.3) is 0 Å². The van der Waals surface area contributed by atoms with E-state index in [0.29, 0.717) is 10.6 Å². The van der Waals surface area contributed by atoms with Gasteiger partial charge in [-0.05, 0) is 39.0 Å². The Bertz CT molecular complexity index is 601. The lowest BCUT2D eigenvalue weighted by molar-refractivity contribution is 0.195. The van der Waals surface area contributed by atoms with Crippen LogP contribution in [0.4, 0.5) is 9.93 Å². The number of benzene rings is 1. The van der Waals surface area contributed by atoms with Crippen molar-refractivity contribution in [2.45, 2.75) is 26.3 Å². The van der Waals surface area contributed by atoms with E-state index < -0.39 is 11.6 Å². The van der Waals surface area contributed by atoms with Gasteiger partial charge in [-0.15, -0.1) is 0 Å². The van der Waals surface area contributed by atoms with E-state index in [0.717, 1.165) is 4.70 Å². The standard InChI is InChI=1S/C12H14N2O3S/c1-12(2,3)14(11(16)17)10-13-8-5-4-7(15)6-9(8)18-10/h4-6,15H,1-3H3,(H,16,17). The minimum Gasteiger partial charge on any atom is -0.508 e. The molecule has 1 heterocycles. The van der Waals surface area contributed by atoms with E-state index in [1.54, 1.807) is 12.1 Å². The van der Waals surface area contributed by atoms with Crippen molar-refractivity contribution in [2.75, 3.05) is 4.90 Å². The van der Waals surface area contributed by atoms with Crippen LogP contribution in [0.3, 0.4) is 0 Å². The Morgan fingerprint density at radius 2 is 2.06 bits per heavy atom. The van der Waals surface area contributed by atoms with E-state index in [1.807, 2.05) is 20.8 Å². The average molecular weight is 266 g/mol. The molecular formula is C12H14N2O3S. The summed E-state index contributed by atoms with van der Waals surface area (Å²) in [6, 6.07) is 4.79. The lowest BCUT2D eigenvalue weighted by Crippen LogP contribution is -2.45. The molecule has 96 valence electrons. The predicted molar refractivity (Wildman–Crippen MR) is 71.5 cm³/mol. The first-order valence-corrected chi connectivity index (χ1v) is 6.23. The summed E-state index contributed by atoms with van der Waals surface area (Å²) in [4.78, 5) is 16.9. The lowest BCUT2D eigenvalue weighted by Gasteiger charge is -2.30. The Balaban J connectivity index is 2.55. The molecule has 18 heavy (non-hydrogen) atoms. The maximum absolute atomic E-state index is 11.3. The van der Waals surface area contributed by atoms with E-state index in [1.165, 1.54) is 22.3 Å². The van der Waals surface area contributed by atoms with Crippen LogP contribution in [0.5, 0.6) is 5.75 Å². The second kappa shape index (κ2) is 4.13. The van der Waals surface area contributed by atoms with Gasteiger partial charge in [-0.25, -0.2) is 14.7 Å². The number of carboxylic acid groups (broad SMARTS) is 1. The highest BCUT2D eigenvalue weighted by Crippen LogP contribution is 2.34. The maximum Gasteiger partial charge on any atom is 0.414 e. The summed E-state index contributed by atoms with van der Waals surface area (Å²) >= 11 is 1.25. The Hall–Kier alpha value is -1.82. The van der Waals surface area contributed by atoms with Crippen LogP contribution in [-0.2, 0) is 0 Å². The van der Waals surface area contributed by atoms with Gasteiger partial charge in [0, 0.05) is 5.54 Å². The summed E-state index contributed by atoms with van der Waals surface area (Å²) < 4.78 is 0.764. The van der Waals surface area contributed by atoms with Crippen molar-refractivity contribution in [1.82, 2.24) is 4.98 Å². The second-order valence-electron chi connectivity index (χ2n) is 4.94. The van der Waals surface area contributed by atoms with Crippen LogP contribution < -0.4 is 4.90 Å². The van der Waals surface area contributed by atoms with Crippen LogP contribution in [-0.4, -0.2) is 26.8 Å². The third-order valence-electron chi connectivity index (χ3n) is 2.41. The van der Waals surface area contributed by atoms with E-state index in [9.17, 15) is 15.0 Å². The number of aromatic hydroxyl groups is 1. The number of phenolic OH excluding ortho intramolecular Hbond substituents is 1. The molecule has 0 aliphatic carbocycles. The Labute approximate surface area is 108 Å². The van der Waals surface area contributed by atoms with E-state index in [2.05, 4.69) is 4.98 Å². The number of aromatic nitrogens is 1. The number of anilines is 1. The highest BCUT2D eigenvalue weighted by molar-refractivity contribution is 7.22. The van der Waals surface area contributed by atoms with Crippen molar-refractivity contribution in [1.29, 1.82) is 0 Å². The molecule has 0 aliphatic heterocycles. The number of hydrogen-bond donors (Lipinski definition) is 2. The molecule has 1 amide bonds. The monoisotopic (exact) mass is 266 g/mol. The third kappa shape index (κ3) is 2.24. The summed E-state index contributed by atoms with van der Waals surface area (Å²) in [5, 5.41) is 19.1. The number of thiazole rings is 1. The zero-order valence-corrected chi connectivity index (χ0v) is 11.2. The van der Waals surface area contributed by atoms with E-state index in [4.69, 9.17) is 0 Å². The van der Waals surface area contributed by atoms with Crippen LogP contribution in [0.15, 0.2) is 18.2 Å². The molecule has 2 aromatic rings. The lowest BCUT2D eigenvalue weighted by atomic mass is 10.1. The summed E-state index contributed by atoms with van der Waals surface area (Å²) in [6.45, 7) is 5.43. The van der Waals surface area contributed by atoms with Crippen LogP contribution in [0.2, 0.25) is 0 Å². The van der Waals surface area contributed by atoms with Crippen molar-refractivity contribution < 1.29 is 15.0 Å². The van der Waals surface area contributed by atoms with Crippen molar-refractivity contribution in [2.24, 2.45) is 0 Å². The van der Waals surface area contributed by atoms with Gasteiger partial charge in [0.15, 0.2) is 5.13 Å². The van der Waals surface area contributed by atoms with Crippen molar-refractivity contribution >= 4 is 32.8 Å². The molecule has 0 aliphatic rings. The first kappa shape index (κ1) is 12.6. The van der Waals surface area contributed by atoms with Gasteiger partial charge in [0.2, 0.25) is 0 Å². The quantitative estimate of drug-likeness (QED) is 0.830. The molecule has 1 aromatic heterocycles. The number of fused-ring (bicyclic) bond motifs is 1. The molecule has 0 atom stereocenters. The van der Waals surface area contributed by atoms with Crippen LogP contribution >= 0.6 is 11.3 Å². The largest absolute Gasteiger partial charge is 0.508 e. The fraction of sp³-hybridized carbons (Fsp3) is 0.333. The molecule has 0 saturated heterocycles. The van der Waals surface area contributed by atoms with Gasteiger partial charge in [-0.1, -0.05) is 11.3 Å². The molecule has 0 radical (unpaired) electrons. The zero-order chi connectivity index (χ0) is 13.5. The number of rotatable bonds is 1. The fourth-order valence-electron chi connectivity index (χ4n) is 1.65. The highest BCUT2D eigenvalue weighted by Gasteiger charge is 2.30. The first-order valence-electron chi connectivity index (χ1n) is 5.42. The molecule has 2 rings (SSSR count). The minimum atomic E-state index is -1.04. The summed E-state index contributed by atoms with van der Waals surface area (Å²) in [5.41, 5.74) is 0.116. The van der Waals surface area contributed by atoms with Crippen molar-refractivity contribution in [3.63, 3.8) is 0 Å². The molecule has 0 unspecified atom stereocenters. The normalized spacial score (nSPS) is 11.7. The number of amides is 1. The molecule has 0 fully saturated rings. The van der Waals surface area contributed by atoms with Gasteiger partial charge in [-0.2, -0.15) is 0 Å². The zero-order valence-electron chi connectivity index (χ0n) is 10.3. The molecule has 2 N–H and O–H groups in total. The Morgan fingerprint density at radius 1 is 1.39 bits per heavy atom. The Morgan fingerprint density at radius 3 is 2.61 bits per heavy atom. The Kier molecular flexibility index (Phi) is 2.90. The highest BCUT2D eigenvalue weighted by atomic mass is 32.1. The molecule has 0 saturated carbocycles. The smallest absolute Gasteiger partial charge is 0.414 e. The van der Waals surface area contributed by atoms with Gasteiger partial charge in [-0.3, -0.25) is 0 Å². The van der Waals surface area contributed by atoms with E-state index >= 15 is 0 Å². The SMILES string of the molecule is CC(C)(C)N(C(=O)O)c1nc2ccc(O)cc2s1. The van der Waals surface area contributed by atoms with Gasteiger partial charge in [0.05, 0.1) is 10.2 Å². The van der Waals surface area contributed by atoms with Gasteiger partial charge in [0.1, 0.15) is 5.75 Å². The third-order valence-corrected chi connectivity index (χ3v) is 3.42. The molecule has 6 heteroatoms. The number of nitrogens with zero attached hydrogens (tertiary/aromatic N) is 2. The predicted octanol–water partition coefficient (Wildman–Crippen LogP) is 3.28. The van der Waals surface area contributed by atoms with Crippen molar-refractivity contribution in [3.05, 3.63) is 18.2 Å². The maximum atomic E-state index is 11.3. The molecular weight excluding hydrogens is 252 g/mol. The average Bonchev–Trinajstić information content (AvgIpc) is 2.56. The molecule has 0 spiro atoms. The molecule has 1 aromatic carbocycles. The second-order valence-corrected chi connectivity index (χ2v) is 5.95. The van der Waals surface area contributed by atoms with Crippen LogP contribution in [0.25, 0.3) is 10.2 Å². The summed E-state index contributed by atoms with van der Waals surface area (Å²) in [6.07, 6.45) is -1.04. The minimum absolute atomic E-state index is 0.148. The van der Waals surface area contributed by atoms with Crippen LogP contribution in [0.1, 0.15) is 20.8 Å². The number of phenols is 1. The number of carbonyl (C=O) groups is 1. The number of hydrogen-bond acceptors (Lipinski definition) is 4. The van der Waals surface area contributed by atoms with E-state index in [-0.39, 0.29) is 5.75 Å². The van der Waals surface area contributed by atoms with Crippen molar-refractivity contribution in [3.8, 4) is 5.75 Å². The van der Waals surface area contributed by atoms with Gasteiger partial charge < -0.3 is 10.2 Å². The topological polar surface area (TPSA) is 73.7 Å². The summed E-state index contributed by atoms with van der Waals surface area (Å²) in [5.74, 6) is 0.148. The molecule has 0 bridgehead atoms.